The van der Waals surface area contributed by atoms with Crippen LogP contribution in [0.25, 0.3) is 0 Å². The van der Waals surface area contributed by atoms with Gasteiger partial charge in [0.25, 0.3) is 0 Å². The summed E-state index contributed by atoms with van der Waals surface area (Å²) in [4.78, 5) is 13.4. The summed E-state index contributed by atoms with van der Waals surface area (Å²) in [7, 11) is 0. The molecule has 2 rings (SSSR count). The van der Waals surface area contributed by atoms with Crippen molar-refractivity contribution in [2.45, 2.75) is 389 Å². The molecule has 0 saturated carbocycles. The Morgan fingerprint density at radius 2 is 0.758 bits per heavy atom. The molecule has 0 aliphatic carbocycles. The van der Waals surface area contributed by atoms with Gasteiger partial charge in [-0.15, -0.1) is 0 Å². The molecule has 530 valence electrons. The summed E-state index contributed by atoms with van der Waals surface area (Å²) in [6, 6.07) is -0.830. The zero-order chi connectivity index (χ0) is 65.9. The predicted molar refractivity (Wildman–Crippen MR) is 373 cm³/mol. The molecule has 12 atom stereocenters. The number of aliphatic hydroxyl groups is 8. The summed E-state index contributed by atoms with van der Waals surface area (Å²) < 4.78 is 22.9. The summed E-state index contributed by atoms with van der Waals surface area (Å²) in [5, 5.41) is 87.7. The van der Waals surface area contributed by atoms with Gasteiger partial charge in [0, 0.05) is 6.42 Å². The molecular weight excluding hydrogens is 1150 g/mol. The zero-order valence-electron chi connectivity index (χ0n) is 57.8. The molecule has 2 fully saturated rings. The fraction of sp³-hybridized carbons (Fsp3) is 0.831. The van der Waals surface area contributed by atoms with E-state index in [1.807, 2.05) is 0 Å². The van der Waals surface area contributed by atoms with Gasteiger partial charge in [-0.3, -0.25) is 4.79 Å². The standard InChI is InChI=1S/C77H139NO13/c1-3-5-7-9-11-13-15-17-19-21-23-24-25-26-27-28-29-30-31-32-33-34-35-36-37-38-39-40-41-42-43-45-47-49-51-53-55-57-59-61-69(82)78-65(66(81)60-58-56-54-52-50-48-46-44-22-20-18-16-14-12-10-8-6-4-2)64-88-76-74(87)72(85)75(68(63-80)90-76)91-77-73(86)71(84)70(83)67(62-79)89-77/h5,7,11,13,17,19,23-24,26-27,29-30,65-68,70-77,79-81,83-87H,3-4,6,8-10,12,14-16,18,20-22,25,28,31-64H2,1-2H3,(H,78,82)/b7-5-,13-11-,19-17-,24-23-,27-26-,30-29-. The van der Waals surface area contributed by atoms with Crippen LogP contribution >= 0.6 is 0 Å². The van der Waals surface area contributed by atoms with Gasteiger partial charge in [-0.25, -0.2) is 0 Å². The Labute approximate surface area is 555 Å². The van der Waals surface area contributed by atoms with Gasteiger partial charge in [0.1, 0.15) is 48.8 Å². The maximum absolute atomic E-state index is 13.4. The normalized spacial score (nSPS) is 23.2. The highest BCUT2D eigenvalue weighted by atomic mass is 16.7. The third-order valence-corrected chi connectivity index (χ3v) is 18.2. The van der Waals surface area contributed by atoms with Crippen molar-refractivity contribution in [1.29, 1.82) is 0 Å². The van der Waals surface area contributed by atoms with Crippen LogP contribution in [-0.4, -0.2) is 140 Å². The number of unbranched alkanes of at least 4 members (excludes halogenated alkanes) is 37. The Morgan fingerprint density at radius 1 is 0.407 bits per heavy atom. The first kappa shape index (κ1) is 84.5. The SMILES string of the molecule is CC/C=C\C/C=C\C/C=C\C/C=C\C/C=C\C/C=C\CCCCCCCCCCCCCCCCCCCCCCC(=O)NC(COC1OC(CO)C(OC2OC(CO)C(O)C(O)C2O)C(O)C1O)C(O)CCCCCCCCCCCCCCCCCCCC. The second-order valence-electron chi connectivity index (χ2n) is 26.4. The number of nitrogens with one attached hydrogen (secondary N) is 1. The molecule has 0 spiro atoms. The minimum absolute atomic E-state index is 0.202. The minimum atomic E-state index is -1.78. The molecular formula is C77H139NO13. The van der Waals surface area contributed by atoms with Crippen molar-refractivity contribution >= 4 is 5.91 Å². The van der Waals surface area contributed by atoms with E-state index in [2.05, 4.69) is 92.1 Å². The third-order valence-electron chi connectivity index (χ3n) is 18.2. The predicted octanol–water partition coefficient (Wildman–Crippen LogP) is 16.2. The van der Waals surface area contributed by atoms with E-state index in [0.29, 0.717) is 12.8 Å². The molecule has 12 unspecified atom stereocenters. The average Bonchev–Trinajstić information content (AvgIpc) is 1.19. The molecule has 2 aliphatic heterocycles. The topological polar surface area (TPSA) is 228 Å². The molecule has 2 aliphatic rings. The Kier molecular flexibility index (Phi) is 56.7. The molecule has 2 saturated heterocycles. The van der Waals surface area contributed by atoms with Crippen LogP contribution in [0, 0.1) is 0 Å². The van der Waals surface area contributed by atoms with E-state index in [1.54, 1.807) is 0 Å². The molecule has 0 aromatic rings. The van der Waals surface area contributed by atoms with Crippen molar-refractivity contribution in [2.24, 2.45) is 0 Å². The smallest absolute Gasteiger partial charge is 0.220 e. The van der Waals surface area contributed by atoms with Crippen LogP contribution in [-0.2, 0) is 23.7 Å². The van der Waals surface area contributed by atoms with Gasteiger partial charge in [-0.2, -0.15) is 0 Å². The zero-order valence-corrected chi connectivity index (χ0v) is 57.8. The van der Waals surface area contributed by atoms with Crippen LogP contribution < -0.4 is 5.32 Å². The van der Waals surface area contributed by atoms with E-state index in [0.717, 1.165) is 89.9 Å². The fourth-order valence-electron chi connectivity index (χ4n) is 12.2. The van der Waals surface area contributed by atoms with Crippen LogP contribution in [0.15, 0.2) is 72.9 Å². The van der Waals surface area contributed by atoms with E-state index in [1.165, 1.54) is 199 Å². The Morgan fingerprint density at radius 3 is 1.16 bits per heavy atom. The van der Waals surface area contributed by atoms with Crippen LogP contribution in [0.5, 0.6) is 0 Å². The number of carbonyl (C=O) groups excluding carboxylic acids is 1. The average molecular weight is 1290 g/mol. The maximum atomic E-state index is 13.4. The van der Waals surface area contributed by atoms with E-state index >= 15 is 0 Å². The molecule has 0 aromatic heterocycles. The number of ether oxygens (including phenoxy) is 4. The second-order valence-corrected chi connectivity index (χ2v) is 26.4. The molecule has 2 heterocycles. The van der Waals surface area contributed by atoms with Crippen molar-refractivity contribution in [3.05, 3.63) is 72.9 Å². The number of carbonyl (C=O) groups is 1. The summed E-state index contributed by atoms with van der Waals surface area (Å²) in [5.74, 6) is -0.202. The van der Waals surface area contributed by atoms with Gasteiger partial charge in [-0.1, -0.05) is 318 Å². The first-order valence-electron chi connectivity index (χ1n) is 37.7. The summed E-state index contributed by atoms with van der Waals surface area (Å²) in [5.41, 5.74) is 0. The highest BCUT2D eigenvalue weighted by Crippen LogP contribution is 2.30. The lowest BCUT2D eigenvalue weighted by Gasteiger charge is -2.46. The van der Waals surface area contributed by atoms with E-state index in [-0.39, 0.29) is 12.5 Å². The lowest BCUT2D eigenvalue weighted by molar-refractivity contribution is -0.359. The van der Waals surface area contributed by atoms with Gasteiger partial charge >= 0.3 is 0 Å². The first-order chi connectivity index (χ1) is 44.6. The van der Waals surface area contributed by atoms with Crippen molar-refractivity contribution in [1.82, 2.24) is 5.32 Å². The molecule has 14 nitrogen and oxygen atoms in total. The maximum Gasteiger partial charge on any atom is 0.220 e. The Bertz CT molecular complexity index is 1800. The van der Waals surface area contributed by atoms with E-state index in [9.17, 15) is 45.6 Å². The molecule has 0 aromatic carbocycles. The summed E-state index contributed by atoms with van der Waals surface area (Å²) >= 11 is 0. The van der Waals surface area contributed by atoms with Crippen LogP contribution in [0.4, 0.5) is 0 Å². The van der Waals surface area contributed by atoms with Gasteiger partial charge in [0.2, 0.25) is 5.91 Å². The number of allylic oxidation sites excluding steroid dienone is 12. The van der Waals surface area contributed by atoms with Crippen LogP contribution in [0.3, 0.4) is 0 Å². The summed E-state index contributed by atoms with van der Waals surface area (Å²) in [6.07, 6.45) is 66.5. The van der Waals surface area contributed by atoms with E-state index < -0.39 is 86.8 Å². The fourth-order valence-corrected chi connectivity index (χ4v) is 12.2. The molecule has 0 radical (unpaired) electrons. The molecule has 1 amide bonds. The highest BCUT2D eigenvalue weighted by molar-refractivity contribution is 5.76. The van der Waals surface area contributed by atoms with Crippen molar-refractivity contribution in [3.63, 3.8) is 0 Å². The monoisotopic (exact) mass is 1290 g/mol. The largest absolute Gasteiger partial charge is 0.394 e. The number of hydrogen-bond acceptors (Lipinski definition) is 13. The summed E-state index contributed by atoms with van der Waals surface area (Å²) in [6.45, 7) is 2.78. The second kappa shape index (κ2) is 61.1. The molecule has 91 heavy (non-hydrogen) atoms. The highest BCUT2D eigenvalue weighted by Gasteiger charge is 2.51. The lowest BCUT2D eigenvalue weighted by atomic mass is 9.97. The number of aliphatic hydroxyl groups excluding tert-OH is 8. The van der Waals surface area contributed by atoms with Crippen molar-refractivity contribution in [2.75, 3.05) is 19.8 Å². The number of hydrogen-bond donors (Lipinski definition) is 9. The van der Waals surface area contributed by atoms with E-state index in [4.69, 9.17) is 18.9 Å². The van der Waals surface area contributed by atoms with Crippen molar-refractivity contribution < 1.29 is 64.6 Å². The van der Waals surface area contributed by atoms with Gasteiger partial charge in [-0.05, 0) is 64.2 Å². The number of rotatable bonds is 62. The van der Waals surface area contributed by atoms with Gasteiger partial charge < -0.3 is 65.1 Å². The first-order valence-corrected chi connectivity index (χ1v) is 37.7. The minimum Gasteiger partial charge on any atom is -0.394 e. The number of amides is 1. The molecule has 9 N–H and O–H groups in total. The quantitative estimate of drug-likeness (QED) is 0.0204. The van der Waals surface area contributed by atoms with Gasteiger partial charge in [0.05, 0.1) is 32.0 Å². The van der Waals surface area contributed by atoms with Gasteiger partial charge in [0.15, 0.2) is 12.6 Å². The van der Waals surface area contributed by atoms with Crippen LogP contribution in [0.1, 0.15) is 316 Å². The Hall–Kier alpha value is -2.57. The van der Waals surface area contributed by atoms with Crippen LogP contribution in [0.2, 0.25) is 0 Å². The molecule has 14 heteroatoms. The lowest BCUT2D eigenvalue weighted by Crippen LogP contribution is -2.65. The Balaban J connectivity index is 1.57. The molecule has 0 bridgehead atoms. The van der Waals surface area contributed by atoms with Crippen molar-refractivity contribution in [3.8, 4) is 0 Å². The third kappa shape index (κ3) is 44.7.